The summed E-state index contributed by atoms with van der Waals surface area (Å²) in [7, 11) is 0. The van der Waals surface area contributed by atoms with Gasteiger partial charge < -0.3 is 14.0 Å². The number of epoxide rings is 1. The SMILES string of the molecule is CCc1cc(/C=C/c2ccccc2OCC2CO2)on1. The maximum absolute atomic E-state index is 5.75. The molecule has 4 nitrogen and oxygen atoms in total. The van der Waals surface area contributed by atoms with Crippen LogP contribution in [0.3, 0.4) is 0 Å². The molecule has 0 radical (unpaired) electrons. The summed E-state index contributed by atoms with van der Waals surface area (Å²) in [6.07, 6.45) is 5.01. The molecule has 0 amide bonds. The molecule has 2 heterocycles. The maximum Gasteiger partial charge on any atom is 0.159 e. The van der Waals surface area contributed by atoms with Crippen molar-refractivity contribution < 1.29 is 14.0 Å². The fourth-order valence-electron chi connectivity index (χ4n) is 1.84. The van der Waals surface area contributed by atoms with Gasteiger partial charge >= 0.3 is 0 Å². The van der Waals surface area contributed by atoms with Gasteiger partial charge in [-0.15, -0.1) is 0 Å². The lowest BCUT2D eigenvalue weighted by Crippen LogP contribution is -2.04. The Bertz CT molecular complexity index is 599. The fraction of sp³-hybridized carbons (Fsp3) is 0.312. The number of rotatable bonds is 6. The molecule has 1 unspecified atom stereocenters. The van der Waals surface area contributed by atoms with E-state index in [1.54, 1.807) is 0 Å². The second-order valence-electron chi connectivity index (χ2n) is 4.71. The Hall–Kier alpha value is -2.07. The van der Waals surface area contributed by atoms with Gasteiger partial charge in [-0.2, -0.15) is 0 Å². The van der Waals surface area contributed by atoms with Crippen molar-refractivity contribution in [2.24, 2.45) is 0 Å². The highest BCUT2D eigenvalue weighted by atomic mass is 16.6. The van der Waals surface area contributed by atoms with Crippen LogP contribution < -0.4 is 4.74 Å². The summed E-state index contributed by atoms with van der Waals surface area (Å²) in [6, 6.07) is 9.86. The quantitative estimate of drug-likeness (QED) is 0.757. The Morgan fingerprint density at radius 3 is 2.95 bits per heavy atom. The maximum atomic E-state index is 5.75. The first-order valence-electron chi connectivity index (χ1n) is 6.82. The highest BCUT2D eigenvalue weighted by molar-refractivity contribution is 5.70. The largest absolute Gasteiger partial charge is 0.490 e. The Morgan fingerprint density at radius 1 is 1.35 bits per heavy atom. The highest BCUT2D eigenvalue weighted by Crippen LogP contribution is 2.22. The van der Waals surface area contributed by atoms with Crippen LogP contribution in [0.2, 0.25) is 0 Å². The molecule has 1 saturated heterocycles. The van der Waals surface area contributed by atoms with Crippen LogP contribution in [0.5, 0.6) is 5.75 Å². The van der Waals surface area contributed by atoms with Gasteiger partial charge in [0.1, 0.15) is 18.5 Å². The van der Waals surface area contributed by atoms with Gasteiger partial charge in [-0.05, 0) is 24.6 Å². The van der Waals surface area contributed by atoms with Gasteiger partial charge in [0.25, 0.3) is 0 Å². The molecule has 104 valence electrons. The molecule has 1 aromatic heterocycles. The summed E-state index contributed by atoms with van der Waals surface area (Å²) in [5.41, 5.74) is 1.97. The molecule has 1 atom stereocenters. The molecule has 3 rings (SSSR count). The summed E-state index contributed by atoms with van der Waals surface area (Å²) in [5, 5.41) is 3.96. The molecule has 0 saturated carbocycles. The fourth-order valence-corrected chi connectivity index (χ4v) is 1.84. The molecule has 1 aliphatic heterocycles. The molecule has 0 spiro atoms. The average molecular weight is 271 g/mol. The molecule has 0 aliphatic carbocycles. The Morgan fingerprint density at radius 2 is 2.20 bits per heavy atom. The van der Waals surface area contributed by atoms with Crippen molar-refractivity contribution in [2.75, 3.05) is 13.2 Å². The zero-order chi connectivity index (χ0) is 13.8. The van der Waals surface area contributed by atoms with E-state index in [9.17, 15) is 0 Å². The molecule has 1 fully saturated rings. The van der Waals surface area contributed by atoms with E-state index in [2.05, 4.69) is 12.1 Å². The first-order chi connectivity index (χ1) is 9.85. The van der Waals surface area contributed by atoms with Gasteiger partial charge in [-0.25, -0.2) is 0 Å². The molecule has 2 aromatic rings. The monoisotopic (exact) mass is 271 g/mol. The number of aryl methyl sites for hydroxylation is 1. The van der Waals surface area contributed by atoms with E-state index in [0.717, 1.165) is 35.8 Å². The molecule has 4 heteroatoms. The summed E-state index contributed by atoms with van der Waals surface area (Å²) >= 11 is 0. The summed E-state index contributed by atoms with van der Waals surface area (Å²) in [4.78, 5) is 0. The van der Waals surface area contributed by atoms with Crippen LogP contribution in [0.25, 0.3) is 12.2 Å². The van der Waals surface area contributed by atoms with Crippen molar-refractivity contribution in [3.05, 3.63) is 47.3 Å². The predicted octanol–water partition coefficient (Wildman–Crippen LogP) is 3.19. The van der Waals surface area contributed by atoms with E-state index in [0.29, 0.717) is 6.61 Å². The number of hydrogen-bond donors (Lipinski definition) is 0. The zero-order valence-corrected chi connectivity index (χ0v) is 11.4. The van der Waals surface area contributed by atoms with E-state index in [1.165, 1.54) is 0 Å². The minimum Gasteiger partial charge on any atom is -0.490 e. The van der Waals surface area contributed by atoms with Crippen molar-refractivity contribution in [3.8, 4) is 5.75 Å². The van der Waals surface area contributed by atoms with Crippen LogP contribution in [0.1, 0.15) is 23.9 Å². The van der Waals surface area contributed by atoms with Gasteiger partial charge in [0.15, 0.2) is 5.76 Å². The van der Waals surface area contributed by atoms with Crippen molar-refractivity contribution >= 4 is 12.2 Å². The Kier molecular flexibility index (Phi) is 3.83. The van der Waals surface area contributed by atoms with Gasteiger partial charge in [-0.3, -0.25) is 0 Å². The Labute approximate surface area is 118 Å². The van der Waals surface area contributed by atoms with Gasteiger partial charge in [0, 0.05) is 11.6 Å². The second kappa shape index (κ2) is 5.92. The third-order valence-electron chi connectivity index (χ3n) is 3.11. The summed E-state index contributed by atoms with van der Waals surface area (Å²) in [6.45, 7) is 3.46. The number of hydrogen-bond acceptors (Lipinski definition) is 4. The van der Waals surface area contributed by atoms with E-state index >= 15 is 0 Å². The first kappa shape index (κ1) is 12.9. The molecule has 0 N–H and O–H groups in total. The minimum absolute atomic E-state index is 0.258. The number of nitrogens with zero attached hydrogens (tertiary/aromatic N) is 1. The number of benzene rings is 1. The van der Waals surface area contributed by atoms with Crippen LogP contribution >= 0.6 is 0 Å². The van der Waals surface area contributed by atoms with E-state index in [1.807, 2.05) is 42.5 Å². The predicted molar refractivity (Wildman–Crippen MR) is 76.5 cm³/mol. The summed E-state index contributed by atoms with van der Waals surface area (Å²) < 4.78 is 16.1. The third kappa shape index (κ3) is 3.27. The van der Waals surface area contributed by atoms with Gasteiger partial charge in [0.05, 0.1) is 12.3 Å². The van der Waals surface area contributed by atoms with Crippen LogP contribution in [0.4, 0.5) is 0 Å². The molecule has 1 aliphatic rings. The lowest BCUT2D eigenvalue weighted by atomic mass is 10.1. The third-order valence-corrected chi connectivity index (χ3v) is 3.11. The van der Waals surface area contributed by atoms with Crippen LogP contribution in [0.15, 0.2) is 34.9 Å². The number of aromatic nitrogens is 1. The minimum atomic E-state index is 0.258. The summed E-state index contributed by atoms with van der Waals surface area (Å²) in [5.74, 6) is 1.61. The molecular formula is C16H17NO3. The second-order valence-corrected chi connectivity index (χ2v) is 4.71. The van der Waals surface area contributed by atoms with Crippen molar-refractivity contribution in [1.82, 2.24) is 5.16 Å². The van der Waals surface area contributed by atoms with E-state index in [-0.39, 0.29) is 6.10 Å². The van der Waals surface area contributed by atoms with E-state index in [4.69, 9.17) is 14.0 Å². The smallest absolute Gasteiger partial charge is 0.159 e. The lowest BCUT2D eigenvalue weighted by Gasteiger charge is -2.07. The van der Waals surface area contributed by atoms with Crippen molar-refractivity contribution in [2.45, 2.75) is 19.4 Å². The van der Waals surface area contributed by atoms with E-state index < -0.39 is 0 Å². The first-order valence-corrected chi connectivity index (χ1v) is 6.82. The molecule has 20 heavy (non-hydrogen) atoms. The average Bonchev–Trinajstić information content (AvgIpc) is 3.20. The van der Waals surface area contributed by atoms with Crippen LogP contribution in [-0.2, 0) is 11.2 Å². The highest BCUT2D eigenvalue weighted by Gasteiger charge is 2.23. The molecule has 1 aromatic carbocycles. The zero-order valence-electron chi connectivity index (χ0n) is 11.4. The van der Waals surface area contributed by atoms with Gasteiger partial charge in [0.2, 0.25) is 0 Å². The normalized spacial score (nSPS) is 17.6. The topological polar surface area (TPSA) is 47.8 Å². The van der Waals surface area contributed by atoms with Crippen molar-refractivity contribution in [3.63, 3.8) is 0 Å². The lowest BCUT2D eigenvalue weighted by molar-refractivity contribution is 0.262. The number of ether oxygens (including phenoxy) is 2. The van der Waals surface area contributed by atoms with Crippen molar-refractivity contribution in [1.29, 1.82) is 0 Å². The van der Waals surface area contributed by atoms with Gasteiger partial charge in [-0.1, -0.05) is 30.3 Å². The van der Waals surface area contributed by atoms with Crippen LogP contribution in [-0.4, -0.2) is 24.5 Å². The Balaban J connectivity index is 1.71. The van der Waals surface area contributed by atoms with Crippen LogP contribution in [0, 0.1) is 0 Å². The standard InChI is InChI=1S/C16H17NO3/c1-2-13-9-14(20-17-13)8-7-12-5-3-4-6-16(12)19-11-15-10-18-15/h3-9,15H,2,10-11H2,1H3/b8-7+. The molecule has 0 bridgehead atoms. The molecular weight excluding hydrogens is 254 g/mol. The number of para-hydroxylation sites is 1.